The molecule has 0 N–H and O–H groups in total. The van der Waals surface area contributed by atoms with Crippen LogP contribution in [0.1, 0.15) is 42.7 Å². The van der Waals surface area contributed by atoms with Crippen molar-refractivity contribution in [2.24, 2.45) is 0 Å². The summed E-state index contributed by atoms with van der Waals surface area (Å²) in [6.45, 7) is 1.89. The zero-order valence-electron chi connectivity index (χ0n) is 10.9. The summed E-state index contributed by atoms with van der Waals surface area (Å²) in [7, 11) is 0. The van der Waals surface area contributed by atoms with Gasteiger partial charge in [-0.25, -0.2) is 0 Å². The summed E-state index contributed by atoms with van der Waals surface area (Å²) in [4.78, 5) is 15.5. The number of nitro benzene ring substituents is 1. The topological polar surface area (TPSA) is 56.0 Å². The number of rotatable bonds is 2. The number of aromatic nitrogens is 1. The molecule has 1 aromatic carbocycles. The molecular weight excluding hydrogens is 240 g/mol. The van der Waals surface area contributed by atoms with E-state index in [1.807, 2.05) is 19.1 Å². The van der Waals surface area contributed by atoms with Crippen molar-refractivity contribution in [1.29, 1.82) is 0 Å². The number of aryl methyl sites for hydroxylation is 1. The number of nitro groups is 1. The first-order chi connectivity index (χ1) is 9.18. The van der Waals surface area contributed by atoms with E-state index in [0.717, 1.165) is 47.7 Å². The Balaban J connectivity index is 2.33. The summed E-state index contributed by atoms with van der Waals surface area (Å²) >= 11 is 0. The molecule has 0 amide bonds. The van der Waals surface area contributed by atoms with Gasteiger partial charge in [0.05, 0.1) is 10.4 Å². The van der Waals surface area contributed by atoms with Gasteiger partial charge in [-0.05, 0) is 37.3 Å². The van der Waals surface area contributed by atoms with Crippen molar-refractivity contribution in [2.45, 2.75) is 38.5 Å². The van der Waals surface area contributed by atoms with Crippen molar-refractivity contribution in [2.75, 3.05) is 0 Å². The molecule has 0 spiro atoms. The van der Waals surface area contributed by atoms with Crippen molar-refractivity contribution >= 4 is 16.6 Å². The van der Waals surface area contributed by atoms with Crippen LogP contribution in [0.2, 0.25) is 0 Å². The first-order valence-corrected chi connectivity index (χ1v) is 6.71. The van der Waals surface area contributed by atoms with E-state index < -0.39 is 0 Å². The smallest absolute Gasteiger partial charge is 0.258 e. The van der Waals surface area contributed by atoms with Gasteiger partial charge in [0.25, 0.3) is 5.69 Å². The highest BCUT2D eigenvalue weighted by Crippen LogP contribution is 2.42. The maximum absolute atomic E-state index is 11.4. The number of benzene rings is 1. The Morgan fingerprint density at radius 3 is 2.79 bits per heavy atom. The van der Waals surface area contributed by atoms with Gasteiger partial charge in [-0.3, -0.25) is 15.1 Å². The molecule has 0 radical (unpaired) electrons. The van der Waals surface area contributed by atoms with Crippen LogP contribution in [0.15, 0.2) is 24.4 Å². The molecule has 1 heterocycles. The molecule has 3 rings (SSSR count). The quantitative estimate of drug-likeness (QED) is 0.600. The number of hydrogen-bond acceptors (Lipinski definition) is 3. The summed E-state index contributed by atoms with van der Waals surface area (Å²) in [6, 6.07) is 5.52. The van der Waals surface area contributed by atoms with Gasteiger partial charge in [0.1, 0.15) is 0 Å². The van der Waals surface area contributed by atoms with Gasteiger partial charge in [-0.15, -0.1) is 0 Å². The van der Waals surface area contributed by atoms with Crippen LogP contribution < -0.4 is 0 Å². The van der Waals surface area contributed by atoms with Gasteiger partial charge in [0, 0.05) is 23.2 Å². The van der Waals surface area contributed by atoms with E-state index in [4.69, 9.17) is 0 Å². The molecule has 4 heteroatoms. The second kappa shape index (κ2) is 4.61. The van der Waals surface area contributed by atoms with Gasteiger partial charge in [0.2, 0.25) is 0 Å². The van der Waals surface area contributed by atoms with Gasteiger partial charge in [-0.1, -0.05) is 18.9 Å². The van der Waals surface area contributed by atoms with Crippen LogP contribution in [0.3, 0.4) is 0 Å². The number of nitrogens with zero attached hydrogens (tertiary/aromatic N) is 2. The summed E-state index contributed by atoms with van der Waals surface area (Å²) in [5, 5.41) is 12.3. The fourth-order valence-electron chi connectivity index (χ4n) is 3.22. The first kappa shape index (κ1) is 12.1. The van der Waals surface area contributed by atoms with E-state index in [1.165, 1.54) is 0 Å². The molecule has 1 aliphatic carbocycles. The monoisotopic (exact) mass is 256 g/mol. The van der Waals surface area contributed by atoms with Crippen LogP contribution in [-0.2, 0) is 0 Å². The average molecular weight is 256 g/mol. The molecule has 98 valence electrons. The number of hydrogen-bond donors (Lipinski definition) is 0. The molecule has 2 aromatic rings. The number of pyridine rings is 1. The van der Waals surface area contributed by atoms with Crippen molar-refractivity contribution in [3.63, 3.8) is 0 Å². The van der Waals surface area contributed by atoms with Gasteiger partial charge in [0.15, 0.2) is 0 Å². The third-order valence-corrected chi connectivity index (χ3v) is 4.06. The Kier molecular flexibility index (Phi) is 2.93. The minimum atomic E-state index is -0.243. The average Bonchev–Trinajstić information content (AvgIpc) is 2.92. The Bertz CT molecular complexity index is 646. The SMILES string of the molecule is Cc1cc([N+](=O)[O-])c(C2CCCC2)c2cccnc12. The zero-order chi connectivity index (χ0) is 13.4. The van der Waals surface area contributed by atoms with Crippen molar-refractivity contribution < 1.29 is 4.92 Å². The lowest BCUT2D eigenvalue weighted by Gasteiger charge is -2.14. The molecular formula is C15H16N2O2. The minimum Gasteiger partial charge on any atom is -0.258 e. The van der Waals surface area contributed by atoms with E-state index >= 15 is 0 Å². The van der Waals surface area contributed by atoms with Gasteiger partial charge in [-0.2, -0.15) is 0 Å². The predicted molar refractivity (Wildman–Crippen MR) is 74.3 cm³/mol. The van der Waals surface area contributed by atoms with E-state index in [2.05, 4.69) is 4.98 Å². The highest BCUT2D eigenvalue weighted by atomic mass is 16.6. The van der Waals surface area contributed by atoms with Crippen LogP contribution in [0.25, 0.3) is 10.9 Å². The maximum Gasteiger partial charge on any atom is 0.273 e. The Labute approximate surface area is 111 Å². The molecule has 19 heavy (non-hydrogen) atoms. The van der Waals surface area contributed by atoms with Crippen LogP contribution in [0.5, 0.6) is 0 Å². The Morgan fingerprint density at radius 2 is 2.11 bits per heavy atom. The molecule has 0 atom stereocenters. The molecule has 1 saturated carbocycles. The normalized spacial score (nSPS) is 16.1. The summed E-state index contributed by atoms with van der Waals surface area (Å²) in [6.07, 6.45) is 6.18. The van der Waals surface area contributed by atoms with Crippen molar-refractivity contribution in [3.05, 3.63) is 45.6 Å². The Hall–Kier alpha value is -1.97. The van der Waals surface area contributed by atoms with Gasteiger partial charge >= 0.3 is 0 Å². The molecule has 0 saturated heterocycles. The van der Waals surface area contributed by atoms with Crippen LogP contribution >= 0.6 is 0 Å². The van der Waals surface area contributed by atoms with Crippen LogP contribution in [0.4, 0.5) is 5.69 Å². The second-order valence-electron chi connectivity index (χ2n) is 5.26. The summed E-state index contributed by atoms with van der Waals surface area (Å²) < 4.78 is 0. The lowest BCUT2D eigenvalue weighted by Crippen LogP contribution is -2.02. The lowest BCUT2D eigenvalue weighted by atomic mass is 9.90. The largest absolute Gasteiger partial charge is 0.273 e. The third kappa shape index (κ3) is 1.97. The van der Waals surface area contributed by atoms with Crippen LogP contribution in [0, 0.1) is 17.0 Å². The summed E-state index contributed by atoms with van der Waals surface area (Å²) in [5.41, 5.74) is 2.94. The molecule has 0 bridgehead atoms. The minimum absolute atomic E-state index is 0.243. The molecule has 0 aliphatic heterocycles. The first-order valence-electron chi connectivity index (χ1n) is 6.71. The summed E-state index contributed by atoms with van der Waals surface area (Å²) in [5.74, 6) is 0.313. The zero-order valence-corrected chi connectivity index (χ0v) is 10.9. The van der Waals surface area contributed by atoms with Crippen molar-refractivity contribution in [1.82, 2.24) is 4.98 Å². The maximum atomic E-state index is 11.4. The van der Waals surface area contributed by atoms with Gasteiger partial charge < -0.3 is 0 Å². The fraction of sp³-hybridized carbons (Fsp3) is 0.400. The van der Waals surface area contributed by atoms with E-state index in [1.54, 1.807) is 12.3 Å². The lowest BCUT2D eigenvalue weighted by molar-refractivity contribution is -0.385. The molecule has 1 aromatic heterocycles. The highest BCUT2D eigenvalue weighted by molar-refractivity contribution is 5.89. The molecule has 4 nitrogen and oxygen atoms in total. The van der Waals surface area contributed by atoms with E-state index in [9.17, 15) is 10.1 Å². The third-order valence-electron chi connectivity index (χ3n) is 4.06. The molecule has 1 aliphatic rings. The highest BCUT2D eigenvalue weighted by Gasteiger charge is 2.28. The Morgan fingerprint density at radius 1 is 1.37 bits per heavy atom. The van der Waals surface area contributed by atoms with Crippen LogP contribution in [-0.4, -0.2) is 9.91 Å². The predicted octanol–water partition coefficient (Wildman–Crippen LogP) is 4.11. The standard InChI is InChI=1S/C15H16N2O2/c1-10-9-13(17(18)19)14(11-5-2-3-6-11)12-7-4-8-16-15(10)12/h4,7-9,11H,2-3,5-6H2,1H3. The molecule has 1 fully saturated rings. The number of fused-ring (bicyclic) bond motifs is 1. The molecule has 0 unspecified atom stereocenters. The second-order valence-corrected chi connectivity index (χ2v) is 5.26. The van der Waals surface area contributed by atoms with E-state index in [-0.39, 0.29) is 10.6 Å². The van der Waals surface area contributed by atoms with E-state index in [0.29, 0.717) is 5.92 Å². The van der Waals surface area contributed by atoms with Crippen molar-refractivity contribution in [3.8, 4) is 0 Å². The fourth-order valence-corrected chi connectivity index (χ4v) is 3.22.